The second kappa shape index (κ2) is 11.8. The fourth-order valence-corrected chi connectivity index (χ4v) is 7.11. The van der Waals surface area contributed by atoms with Crippen LogP contribution >= 0.6 is 0 Å². The first-order valence-electron chi connectivity index (χ1n) is 16.9. The number of nitrogens with zero attached hydrogens (tertiary/aromatic N) is 6. The van der Waals surface area contributed by atoms with E-state index in [0.717, 1.165) is 88.9 Å². The zero-order chi connectivity index (χ0) is 33.7. The summed E-state index contributed by atoms with van der Waals surface area (Å²) in [7, 11) is 0. The van der Waals surface area contributed by atoms with Crippen molar-refractivity contribution in [2.45, 2.75) is 0 Å². The van der Waals surface area contributed by atoms with Crippen LogP contribution in [0.5, 0.6) is 0 Å². The number of rotatable bonds is 5. The Kier molecular flexibility index (Phi) is 6.70. The van der Waals surface area contributed by atoms with Crippen LogP contribution in [0.3, 0.4) is 0 Å². The minimum Gasteiger partial charge on any atom is -0.309 e. The lowest BCUT2D eigenvalue weighted by Gasteiger charge is -2.12. The molecule has 0 aliphatic heterocycles. The molecule has 0 bridgehead atoms. The van der Waals surface area contributed by atoms with Crippen molar-refractivity contribution in [1.82, 2.24) is 29.5 Å². The molecule has 0 radical (unpaired) electrons. The maximum absolute atomic E-state index is 5.14. The van der Waals surface area contributed by atoms with Gasteiger partial charge in [-0.3, -0.25) is 15.0 Å². The van der Waals surface area contributed by atoms with Gasteiger partial charge in [-0.05, 0) is 77.9 Å². The van der Waals surface area contributed by atoms with E-state index in [9.17, 15) is 0 Å². The van der Waals surface area contributed by atoms with Crippen molar-refractivity contribution in [3.8, 4) is 50.7 Å². The Labute approximate surface area is 293 Å². The van der Waals surface area contributed by atoms with Gasteiger partial charge in [0.15, 0.2) is 0 Å². The summed E-state index contributed by atoms with van der Waals surface area (Å²) in [6.07, 6.45) is 7.43. The van der Waals surface area contributed by atoms with E-state index in [1.54, 1.807) is 0 Å². The van der Waals surface area contributed by atoms with Crippen LogP contribution in [-0.4, -0.2) is 29.5 Å². The van der Waals surface area contributed by atoms with E-state index in [1.165, 1.54) is 5.39 Å². The van der Waals surface area contributed by atoms with Gasteiger partial charge in [0.05, 0.1) is 44.8 Å². The molecule has 0 unspecified atom stereocenters. The van der Waals surface area contributed by atoms with Crippen molar-refractivity contribution < 1.29 is 0 Å². The van der Waals surface area contributed by atoms with Gasteiger partial charge in [0, 0.05) is 63.1 Å². The lowest BCUT2D eigenvalue weighted by atomic mass is 9.98. The molecule has 0 fully saturated rings. The molecule has 6 nitrogen and oxygen atoms in total. The highest BCUT2D eigenvalue weighted by atomic mass is 15.0. The number of hydrogen-bond acceptors (Lipinski definition) is 5. The van der Waals surface area contributed by atoms with Gasteiger partial charge in [-0.25, -0.2) is 9.97 Å². The van der Waals surface area contributed by atoms with Gasteiger partial charge in [-0.15, -0.1) is 0 Å². The second-order valence-electron chi connectivity index (χ2n) is 12.6. The first-order valence-corrected chi connectivity index (χ1v) is 16.9. The highest BCUT2D eigenvalue weighted by molar-refractivity contribution is 6.09. The van der Waals surface area contributed by atoms with Gasteiger partial charge in [-0.2, -0.15) is 0 Å². The Morgan fingerprint density at radius 1 is 0.392 bits per heavy atom. The molecule has 6 aromatic heterocycles. The van der Waals surface area contributed by atoms with E-state index in [2.05, 4.69) is 141 Å². The molecule has 0 spiro atoms. The first-order chi connectivity index (χ1) is 25.3. The first kappa shape index (κ1) is 28.9. The van der Waals surface area contributed by atoms with E-state index < -0.39 is 0 Å². The normalized spacial score (nSPS) is 11.5. The van der Waals surface area contributed by atoms with Gasteiger partial charge >= 0.3 is 0 Å². The van der Waals surface area contributed by atoms with Crippen LogP contribution in [0.4, 0.5) is 0 Å². The molecule has 0 aliphatic carbocycles. The fourth-order valence-electron chi connectivity index (χ4n) is 7.11. The molecule has 6 heterocycles. The van der Waals surface area contributed by atoms with Crippen molar-refractivity contribution in [2.75, 3.05) is 0 Å². The Morgan fingerprint density at radius 3 is 2.08 bits per heavy atom. The highest BCUT2D eigenvalue weighted by Gasteiger charge is 2.14. The quantitative estimate of drug-likeness (QED) is 0.173. The number of para-hydroxylation sites is 1. The van der Waals surface area contributed by atoms with Gasteiger partial charge in [0.2, 0.25) is 0 Å². The largest absolute Gasteiger partial charge is 0.309 e. The van der Waals surface area contributed by atoms with E-state index in [-0.39, 0.29) is 0 Å². The van der Waals surface area contributed by atoms with E-state index >= 15 is 0 Å². The van der Waals surface area contributed by atoms with Crippen molar-refractivity contribution in [3.05, 3.63) is 170 Å². The summed E-state index contributed by atoms with van der Waals surface area (Å²) in [5.74, 6) is 0. The van der Waals surface area contributed by atoms with Crippen LogP contribution < -0.4 is 0 Å². The average Bonchev–Trinajstić information content (AvgIpc) is 3.55. The van der Waals surface area contributed by atoms with Crippen LogP contribution in [0.15, 0.2) is 170 Å². The molecule has 0 N–H and O–H groups in total. The number of aromatic nitrogens is 6. The molecule has 0 aliphatic rings. The third-order valence-corrected chi connectivity index (χ3v) is 9.57. The SMILES string of the molecule is c1ccc(-c2cc(-c3cccc(-c4ccc5ccc6cccnc6c5n4)c3)cc(-c3ccc(-n4c5ccccc5c5cnccc54)cc3)n2)nc1. The summed E-state index contributed by atoms with van der Waals surface area (Å²) in [5, 5.41) is 4.47. The van der Waals surface area contributed by atoms with Crippen molar-refractivity contribution in [2.24, 2.45) is 0 Å². The van der Waals surface area contributed by atoms with Crippen molar-refractivity contribution in [3.63, 3.8) is 0 Å². The molecule has 0 atom stereocenters. The minimum absolute atomic E-state index is 0.814. The molecule has 238 valence electrons. The van der Waals surface area contributed by atoms with Crippen molar-refractivity contribution >= 4 is 43.6 Å². The van der Waals surface area contributed by atoms with Crippen LogP contribution in [0.2, 0.25) is 0 Å². The van der Waals surface area contributed by atoms with Crippen molar-refractivity contribution in [1.29, 1.82) is 0 Å². The Bertz CT molecular complexity index is 2860. The van der Waals surface area contributed by atoms with E-state index in [4.69, 9.17) is 9.97 Å². The van der Waals surface area contributed by atoms with Crippen LogP contribution in [0.1, 0.15) is 0 Å². The van der Waals surface area contributed by atoms with Crippen LogP contribution in [-0.2, 0) is 0 Å². The lowest BCUT2D eigenvalue weighted by molar-refractivity contribution is 1.17. The predicted octanol–water partition coefficient (Wildman–Crippen LogP) is 10.7. The van der Waals surface area contributed by atoms with Crippen LogP contribution in [0, 0.1) is 0 Å². The van der Waals surface area contributed by atoms with Gasteiger partial charge in [-0.1, -0.05) is 78.9 Å². The number of pyridine rings is 5. The smallest absolute Gasteiger partial charge is 0.0972 e. The Hall–Kier alpha value is -7.05. The number of benzene rings is 4. The lowest BCUT2D eigenvalue weighted by Crippen LogP contribution is -1.95. The standard InChI is InChI=1S/C45H28N6/c1-2-12-42-36(10-1)37-28-46-24-21-43(37)51(42)35-18-15-29(16-19-35)40-26-34(27-41(49-40)39-11-3-4-22-47-39)32-7-5-8-33(25-32)38-20-17-31-14-13-30-9-6-23-48-44(30)45(31)50-38/h1-28H. The molecule has 51 heavy (non-hydrogen) atoms. The fraction of sp³-hybridized carbons (Fsp3) is 0. The van der Waals surface area contributed by atoms with E-state index in [0.29, 0.717) is 0 Å². The third-order valence-electron chi connectivity index (χ3n) is 9.57. The summed E-state index contributed by atoms with van der Waals surface area (Å²) < 4.78 is 2.30. The molecule has 0 saturated carbocycles. The monoisotopic (exact) mass is 652 g/mol. The van der Waals surface area contributed by atoms with Gasteiger partial charge in [0.1, 0.15) is 0 Å². The predicted molar refractivity (Wildman–Crippen MR) is 207 cm³/mol. The van der Waals surface area contributed by atoms with Gasteiger partial charge < -0.3 is 4.57 Å². The zero-order valence-electron chi connectivity index (χ0n) is 27.3. The molecule has 6 heteroatoms. The topological polar surface area (TPSA) is 69.4 Å². The minimum atomic E-state index is 0.814. The van der Waals surface area contributed by atoms with Crippen LogP contribution in [0.25, 0.3) is 94.3 Å². The average molecular weight is 653 g/mol. The second-order valence-corrected chi connectivity index (χ2v) is 12.6. The Morgan fingerprint density at radius 2 is 1.18 bits per heavy atom. The summed E-state index contributed by atoms with van der Waals surface area (Å²) in [6, 6.07) is 50.4. The summed E-state index contributed by atoms with van der Waals surface area (Å²) >= 11 is 0. The number of hydrogen-bond donors (Lipinski definition) is 0. The van der Waals surface area contributed by atoms with E-state index in [1.807, 2.05) is 49.1 Å². The molecule has 10 rings (SSSR count). The summed E-state index contributed by atoms with van der Waals surface area (Å²) in [5.41, 5.74) is 12.8. The maximum atomic E-state index is 5.14. The molecular formula is C45H28N6. The summed E-state index contributed by atoms with van der Waals surface area (Å²) in [6.45, 7) is 0. The molecule has 0 saturated heterocycles. The highest BCUT2D eigenvalue weighted by Crippen LogP contribution is 2.35. The molecular weight excluding hydrogens is 625 g/mol. The van der Waals surface area contributed by atoms with Gasteiger partial charge in [0.25, 0.3) is 0 Å². The number of fused-ring (bicyclic) bond motifs is 6. The molecule has 10 aromatic rings. The Balaban J connectivity index is 1.08. The molecule has 4 aromatic carbocycles. The maximum Gasteiger partial charge on any atom is 0.0972 e. The third kappa shape index (κ3) is 5.01. The zero-order valence-corrected chi connectivity index (χ0v) is 27.3. The summed E-state index contributed by atoms with van der Waals surface area (Å²) in [4.78, 5) is 24.0. The molecule has 0 amide bonds.